The van der Waals surface area contributed by atoms with Crippen LogP contribution in [0.15, 0.2) is 48.5 Å². The molecule has 0 aliphatic heterocycles. The highest BCUT2D eigenvalue weighted by Crippen LogP contribution is 2.19. The highest BCUT2D eigenvalue weighted by molar-refractivity contribution is 5.78. The second-order valence-corrected chi connectivity index (χ2v) is 5.09. The summed E-state index contributed by atoms with van der Waals surface area (Å²) in [5.74, 6) is 1.88. The zero-order valence-electron chi connectivity index (χ0n) is 14.0. The molecule has 6 nitrogen and oxygen atoms in total. The number of hydrogen-bond donors (Lipinski definition) is 1. The second-order valence-electron chi connectivity index (χ2n) is 5.09. The number of nitrogens with one attached hydrogen (secondary N) is 1. The number of rotatable bonds is 9. The number of hydrogen-bond acceptors (Lipinski definition) is 5. The maximum absolute atomic E-state index is 11.4. The number of amides is 1. The molecule has 25 heavy (non-hydrogen) atoms. The Balaban J connectivity index is 1.80. The summed E-state index contributed by atoms with van der Waals surface area (Å²) in [5.41, 5.74) is 0.846. The lowest BCUT2D eigenvalue weighted by Crippen LogP contribution is -2.22. The number of methoxy groups -OCH3 is 1. The molecule has 130 valence electrons. The van der Waals surface area contributed by atoms with Crippen molar-refractivity contribution in [2.75, 3.05) is 20.3 Å². The Morgan fingerprint density at radius 1 is 1.04 bits per heavy atom. The third kappa shape index (κ3) is 6.07. The van der Waals surface area contributed by atoms with Gasteiger partial charge < -0.3 is 19.5 Å². The molecule has 0 radical (unpaired) electrons. The number of carbonyl (C=O) groups excluding carboxylic acids is 1. The van der Waals surface area contributed by atoms with Crippen molar-refractivity contribution < 1.29 is 19.0 Å². The Morgan fingerprint density at radius 2 is 1.72 bits per heavy atom. The Kier molecular flexibility index (Phi) is 7.13. The molecule has 6 heteroatoms. The van der Waals surface area contributed by atoms with E-state index in [4.69, 9.17) is 19.5 Å². The van der Waals surface area contributed by atoms with E-state index in [1.54, 1.807) is 7.11 Å². The predicted molar refractivity (Wildman–Crippen MR) is 92.5 cm³/mol. The highest BCUT2D eigenvalue weighted by Gasteiger charge is 2.05. The largest absolute Gasteiger partial charge is 0.497 e. The lowest BCUT2D eigenvalue weighted by molar-refractivity contribution is -0.120. The van der Waals surface area contributed by atoms with Gasteiger partial charge in [0.15, 0.2) is 0 Å². The summed E-state index contributed by atoms with van der Waals surface area (Å²) in [6.07, 6.45) is -0.154. The maximum atomic E-state index is 11.4. The van der Waals surface area contributed by atoms with E-state index >= 15 is 0 Å². The van der Waals surface area contributed by atoms with E-state index in [-0.39, 0.29) is 12.3 Å². The van der Waals surface area contributed by atoms with E-state index < -0.39 is 0 Å². The van der Waals surface area contributed by atoms with Gasteiger partial charge in [-0.1, -0.05) is 18.2 Å². The fourth-order valence-electron chi connectivity index (χ4n) is 2.10. The first kappa shape index (κ1) is 18.1. The first-order chi connectivity index (χ1) is 12.2. The van der Waals surface area contributed by atoms with Gasteiger partial charge in [0.25, 0.3) is 0 Å². The number of carbonyl (C=O) groups is 1. The van der Waals surface area contributed by atoms with Crippen LogP contribution in [0.4, 0.5) is 0 Å². The van der Waals surface area contributed by atoms with Crippen LogP contribution in [0.1, 0.15) is 12.0 Å². The van der Waals surface area contributed by atoms with Crippen molar-refractivity contribution >= 4 is 5.91 Å². The molecular formula is C19H20N2O4. The molecule has 0 heterocycles. The molecule has 0 aliphatic rings. The molecule has 0 aromatic heterocycles. The van der Waals surface area contributed by atoms with Crippen molar-refractivity contribution in [3.05, 3.63) is 54.1 Å². The van der Waals surface area contributed by atoms with E-state index in [9.17, 15) is 4.79 Å². The number of nitriles is 1. The molecule has 0 atom stereocenters. The van der Waals surface area contributed by atoms with Gasteiger partial charge >= 0.3 is 0 Å². The number of nitrogens with zero attached hydrogens (tertiary/aromatic N) is 1. The van der Waals surface area contributed by atoms with Gasteiger partial charge in [-0.3, -0.25) is 4.79 Å². The van der Waals surface area contributed by atoms with Crippen LogP contribution in [0.2, 0.25) is 0 Å². The van der Waals surface area contributed by atoms with Crippen LogP contribution in [0.25, 0.3) is 0 Å². The lowest BCUT2D eigenvalue weighted by atomic mass is 10.2. The van der Waals surface area contributed by atoms with Gasteiger partial charge in [-0.2, -0.15) is 5.26 Å². The third-order valence-corrected chi connectivity index (χ3v) is 3.36. The minimum atomic E-state index is -0.305. The second kappa shape index (κ2) is 9.83. The van der Waals surface area contributed by atoms with Gasteiger partial charge in [-0.05, 0) is 30.3 Å². The average molecular weight is 340 g/mol. The highest BCUT2D eigenvalue weighted by atomic mass is 16.5. The Morgan fingerprint density at radius 3 is 2.44 bits per heavy atom. The zero-order valence-corrected chi connectivity index (χ0v) is 14.0. The quantitative estimate of drug-likeness (QED) is 0.710. The zero-order chi connectivity index (χ0) is 17.9. The summed E-state index contributed by atoms with van der Waals surface area (Å²) >= 11 is 0. The monoisotopic (exact) mass is 340 g/mol. The van der Waals surface area contributed by atoms with Gasteiger partial charge in [0, 0.05) is 12.1 Å². The number of para-hydroxylation sites is 1. The molecule has 2 aromatic carbocycles. The summed E-state index contributed by atoms with van der Waals surface area (Å²) in [4.78, 5) is 11.4. The normalized spacial score (nSPS) is 9.76. The van der Waals surface area contributed by atoms with Gasteiger partial charge in [-0.25, -0.2) is 0 Å². The minimum Gasteiger partial charge on any atom is -0.497 e. The topological polar surface area (TPSA) is 80.6 Å². The molecule has 0 fully saturated rings. The summed E-state index contributed by atoms with van der Waals surface area (Å²) in [6, 6.07) is 16.6. The van der Waals surface area contributed by atoms with Gasteiger partial charge in [0.2, 0.25) is 5.91 Å². The summed E-state index contributed by atoms with van der Waals surface area (Å²) in [5, 5.41) is 11.2. The molecule has 2 rings (SSSR count). The van der Waals surface area contributed by atoms with Gasteiger partial charge in [0.05, 0.1) is 13.2 Å². The summed E-state index contributed by atoms with van der Waals surface area (Å²) in [7, 11) is 1.61. The number of ether oxygens (including phenoxy) is 3. The summed E-state index contributed by atoms with van der Waals surface area (Å²) < 4.78 is 16.4. The van der Waals surface area contributed by atoms with E-state index in [2.05, 4.69) is 5.32 Å². The van der Waals surface area contributed by atoms with Crippen LogP contribution >= 0.6 is 0 Å². The van der Waals surface area contributed by atoms with Crippen LogP contribution in [0.3, 0.4) is 0 Å². The molecule has 0 bridgehead atoms. The molecule has 1 amide bonds. The van der Waals surface area contributed by atoms with Crippen LogP contribution < -0.4 is 19.5 Å². The van der Waals surface area contributed by atoms with Crippen molar-refractivity contribution in [2.45, 2.75) is 13.0 Å². The van der Waals surface area contributed by atoms with E-state index in [0.29, 0.717) is 25.5 Å². The Hall–Kier alpha value is -3.20. The predicted octanol–water partition coefficient (Wildman–Crippen LogP) is 2.68. The first-order valence-electron chi connectivity index (χ1n) is 7.84. The number of benzene rings is 2. The van der Waals surface area contributed by atoms with Gasteiger partial charge in [0.1, 0.15) is 36.9 Å². The smallest absolute Gasteiger partial charge is 0.234 e. The summed E-state index contributed by atoms with van der Waals surface area (Å²) in [6.45, 7) is 1.08. The van der Waals surface area contributed by atoms with Crippen LogP contribution in [0, 0.1) is 11.3 Å². The lowest BCUT2D eigenvalue weighted by Gasteiger charge is -2.12. The molecule has 0 saturated heterocycles. The SMILES string of the molecule is COc1ccc(OCCOc2ccccc2CNC(=O)CC#N)cc1. The van der Waals surface area contributed by atoms with Crippen molar-refractivity contribution in [3.8, 4) is 23.3 Å². The average Bonchev–Trinajstić information content (AvgIpc) is 2.65. The molecule has 0 saturated carbocycles. The van der Waals surface area contributed by atoms with Crippen molar-refractivity contribution in [1.82, 2.24) is 5.32 Å². The Labute approximate surface area is 146 Å². The molecule has 0 spiro atoms. The van der Waals surface area contributed by atoms with E-state index in [1.165, 1.54) is 0 Å². The van der Waals surface area contributed by atoms with Crippen molar-refractivity contribution in [3.63, 3.8) is 0 Å². The van der Waals surface area contributed by atoms with Crippen LogP contribution in [-0.2, 0) is 11.3 Å². The van der Waals surface area contributed by atoms with E-state index in [1.807, 2.05) is 54.6 Å². The molecular weight excluding hydrogens is 320 g/mol. The standard InChI is InChI=1S/C19H20N2O4/c1-23-16-6-8-17(9-7-16)24-12-13-25-18-5-3-2-4-15(18)14-21-19(22)10-11-20/h2-9H,10,12-14H2,1H3,(H,21,22). The third-order valence-electron chi connectivity index (χ3n) is 3.36. The van der Waals surface area contributed by atoms with Crippen LogP contribution in [-0.4, -0.2) is 26.2 Å². The molecule has 0 unspecified atom stereocenters. The van der Waals surface area contributed by atoms with E-state index in [0.717, 1.165) is 17.1 Å². The minimum absolute atomic E-state index is 0.154. The van der Waals surface area contributed by atoms with Gasteiger partial charge in [-0.15, -0.1) is 0 Å². The van der Waals surface area contributed by atoms with Crippen molar-refractivity contribution in [2.24, 2.45) is 0 Å². The fraction of sp³-hybridized carbons (Fsp3) is 0.263. The molecule has 2 aromatic rings. The maximum Gasteiger partial charge on any atom is 0.234 e. The first-order valence-corrected chi connectivity index (χ1v) is 7.84. The molecule has 1 N–H and O–H groups in total. The molecule has 0 aliphatic carbocycles. The van der Waals surface area contributed by atoms with Crippen molar-refractivity contribution in [1.29, 1.82) is 5.26 Å². The van der Waals surface area contributed by atoms with Crippen LogP contribution in [0.5, 0.6) is 17.2 Å². The Bertz CT molecular complexity index is 723. The fourth-order valence-corrected chi connectivity index (χ4v) is 2.10.